The average molecular weight is 219 g/mol. The smallest absolute Gasteiger partial charge is 0.423 e. The van der Waals surface area contributed by atoms with E-state index >= 15 is 0 Å². The van der Waals surface area contributed by atoms with Gasteiger partial charge in [-0.2, -0.15) is 0 Å². The van der Waals surface area contributed by atoms with Gasteiger partial charge in [0.25, 0.3) is 5.91 Å². The molecule has 5 heteroatoms. The summed E-state index contributed by atoms with van der Waals surface area (Å²) >= 11 is 0. The van der Waals surface area contributed by atoms with E-state index in [1.54, 1.807) is 19.2 Å². The zero-order valence-corrected chi connectivity index (χ0v) is 9.57. The molecule has 0 atom stereocenters. The Balaban J connectivity index is 2.48. The number of amides is 1. The monoisotopic (exact) mass is 219 g/mol. The highest BCUT2D eigenvalue weighted by Crippen LogP contribution is 2.29. The van der Waals surface area contributed by atoms with Gasteiger partial charge in [0.2, 0.25) is 0 Å². The van der Waals surface area contributed by atoms with Crippen LogP contribution >= 0.6 is 0 Å². The molecule has 0 aliphatic carbocycles. The zero-order chi connectivity index (χ0) is 11.9. The van der Waals surface area contributed by atoms with Crippen LogP contribution in [0.5, 0.6) is 0 Å². The van der Waals surface area contributed by atoms with Crippen molar-refractivity contribution in [2.75, 3.05) is 7.05 Å². The molecule has 16 heavy (non-hydrogen) atoms. The van der Waals surface area contributed by atoms with Gasteiger partial charge in [0.15, 0.2) is 0 Å². The lowest BCUT2D eigenvalue weighted by Gasteiger charge is -2.19. The summed E-state index contributed by atoms with van der Waals surface area (Å²) < 4.78 is 5.41. The second kappa shape index (κ2) is 3.61. The van der Waals surface area contributed by atoms with Crippen molar-refractivity contribution in [3.05, 3.63) is 29.3 Å². The molecular weight excluding hydrogens is 205 g/mol. The molecule has 1 aromatic carbocycles. The Hall–Kier alpha value is -1.33. The summed E-state index contributed by atoms with van der Waals surface area (Å²) in [5.74, 6) is -0.167. The van der Waals surface area contributed by atoms with Crippen molar-refractivity contribution in [2.45, 2.75) is 19.4 Å². The van der Waals surface area contributed by atoms with Crippen LogP contribution in [-0.4, -0.2) is 25.1 Å². The van der Waals surface area contributed by atoms with Crippen LogP contribution in [0.15, 0.2) is 18.2 Å². The SMILES string of the molecule is CNC(=O)c1ccc2c(c1)B(O)OC2(C)C. The number of rotatable bonds is 1. The molecular formula is C11H14BNO3. The van der Waals surface area contributed by atoms with E-state index in [1.807, 2.05) is 19.9 Å². The van der Waals surface area contributed by atoms with Crippen molar-refractivity contribution in [1.29, 1.82) is 0 Å². The molecule has 0 aromatic heterocycles. The second-order valence-electron chi connectivity index (χ2n) is 4.36. The van der Waals surface area contributed by atoms with Gasteiger partial charge in [-0.15, -0.1) is 0 Å². The number of hydrogen-bond donors (Lipinski definition) is 2. The maximum atomic E-state index is 11.4. The van der Waals surface area contributed by atoms with Crippen LogP contribution in [0.1, 0.15) is 29.8 Å². The highest BCUT2D eigenvalue weighted by atomic mass is 16.5. The molecule has 0 radical (unpaired) electrons. The highest BCUT2D eigenvalue weighted by molar-refractivity contribution is 6.62. The average Bonchev–Trinajstić information content (AvgIpc) is 2.48. The van der Waals surface area contributed by atoms with Crippen molar-refractivity contribution in [2.24, 2.45) is 0 Å². The van der Waals surface area contributed by atoms with Crippen LogP contribution in [0, 0.1) is 0 Å². The fourth-order valence-electron chi connectivity index (χ4n) is 2.01. The van der Waals surface area contributed by atoms with Crippen molar-refractivity contribution in [1.82, 2.24) is 5.32 Å². The van der Waals surface area contributed by atoms with E-state index in [2.05, 4.69) is 5.32 Å². The maximum Gasteiger partial charge on any atom is 0.492 e. The first-order valence-electron chi connectivity index (χ1n) is 5.18. The summed E-state index contributed by atoms with van der Waals surface area (Å²) in [4.78, 5) is 11.4. The molecule has 0 unspecified atom stereocenters. The summed E-state index contributed by atoms with van der Waals surface area (Å²) in [6.07, 6.45) is 0. The van der Waals surface area contributed by atoms with Gasteiger partial charge in [0.1, 0.15) is 0 Å². The fourth-order valence-corrected chi connectivity index (χ4v) is 2.01. The summed E-state index contributed by atoms with van der Waals surface area (Å²) in [7, 11) is 0.626. The predicted octanol–water partition coefficient (Wildman–Crippen LogP) is -0.001000. The Morgan fingerprint density at radius 1 is 1.50 bits per heavy atom. The Morgan fingerprint density at radius 3 is 2.81 bits per heavy atom. The molecule has 1 amide bonds. The minimum absolute atomic E-state index is 0.167. The molecule has 4 nitrogen and oxygen atoms in total. The van der Waals surface area contributed by atoms with Gasteiger partial charge >= 0.3 is 7.12 Å². The third-order valence-electron chi connectivity index (χ3n) is 2.86. The minimum atomic E-state index is -0.949. The lowest BCUT2D eigenvalue weighted by atomic mass is 9.77. The normalized spacial score (nSPS) is 17.1. The molecule has 2 N–H and O–H groups in total. The molecule has 1 aliphatic heterocycles. The van der Waals surface area contributed by atoms with Gasteiger partial charge in [-0.05, 0) is 37.0 Å². The van der Waals surface area contributed by atoms with Crippen LogP contribution < -0.4 is 10.8 Å². The van der Waals surface area contributed by atoms with Crippen LogP contribution in [0.4, 0.5) is 0 Å². The standard InChI is InChI=1S/C11H14BNO3/c1-11(2)8-5-4-7(10(14)13-3)6-9(8)12(15)16-11/h4-6,15H,1-3H3,(H,13,14). The van der Waals surface area contributed by atoms with E-state index in [0.717, 1.165) is 5.56 Å². The lowest BCUT2D eigenvalue weighted by Crippen LogP contribution is -2.30. The fraction of sp³-hybridized carbons (Fsp3) is 0.364. The van der Waals surface area contributed by atoms with Crippen molar-refractivity contribution < 1.29 is 14.5 Å². The maximum absolute atomic E-state index is 11.4. The summed E-state index contributed by atoms with van der Waals surface area (Å²) in [6.45, 7) is 3.78. The molecule has 0 fully saturated rings. The third kappa shape index (κ3) is 1.62. The lowest BCUT2D eigenvalue weighted by molar-refractivity contribution is 0.0960. The largest absolute Gasteiger partial charge is 0.492 e. The molecule has 1 aliphatic rings. The summed E-state index contributed by atoms with van der Waals surface area (Å²) in [5, 5.41) is 12.3. The third-order valence-corrected chi connectivity index (χ3v) is 2.86. The number of carbonyl (C=O) groups excluding carboxylic acids is 1. The number of hydrogen-bond acceptors (Lipinski definition) is 3. The zero-order valence-electron chi connectivity index (χ0n) is 9.57. The van der Waals surface area contributed by atoms with E-state index in [-0.39, 0.29) is 5.91 Å². The van der Waals surface area contributed by atoms with E-state index in [1.165, 1.54) is 0 Å². The van der Waals surface area contributed by atoms with Crippen LogP contribution in [0.2, 0.25) is 0 Å². The van der Waals surface area contributed by atoms with E-state index < -0.39 is 12.7 Å². The molecule has 0 bridgehead atoms. The van der Waals surface area contributed by atoms with Gasteiger partial charge in [-0.1, -0.05) is 6.07 Å². The number of carbonyl (C=O) groups is 1. The topological polar surface area (TPSA) is 58.6 Å². The molecule has 84 valence electrons. The first-order chi connectivity index (χ1) is 7.45. The second-order valence-corrected chi connectivity index (χ2v) is 4.36. The first kappa shape index (κ1) is 11.2. The Labute approximate surface area is 94.8 Å². The van der Waals surface area contributed by atoms with Gasteiger partial charge in [0.05, 0.1) is 5.60 Å². The Bertz CT molecular complexity index is 445. The quantitative estimate of drug-likeness (QED) is 0.653. The summed E-state index contributed by atoms with van der Waals surface area (Å²) in [6, 6.07) is 5.24. The predicted molar refractivity (Wildman–Crippen MR) is 61.6 cm³/mol. The van der Waals surface area contributed by atoms with Gasteiger partial charge in [0, 0.05) is 12.6 Å². The number of benzene rings is 1. The van der Waals surface area contributed by atoms with Gasteiger partial charge in [-0.25, -0.2) is 0 Å². The number of fused-ring (bicyclic) bond motifs is 1. The molecule has 0 spiro atoms. The minimum Gasteiger partial charge on any atom is -0.423 e. The first-order valence-corrected chi connectivity index (χ1v) is 5.18. The van der Waals surface area contributed by atoms with E-state index in [4.69, 9.17) is 4.65 Å². The highest BCUT2D eigenvalue weighted by Gasteiger charge is 2.40. The molecule has 1 heterocycles. The van der Waals surface area contributed by atoms with Crippen LogP contribution in [-0.2, 0) is 10.3 Å². The van der Waals surface area contributed by atoms with E-state index in [9.17, 15) is 9.82 Å². The van der Waals surface area contributed by atoms with E-state index in [0.29, 0.717) is 11.0 Å². The van der Waals surface area contributed by atoms with Crippen LogP contribution in [0.3, 0.4) is 0 Å². The Morgan fingerprint density at radius 2 is 2.19 bits per heavy atom. The molecule has 1 aromatic rings. The molecule has 2 rings (SSSR count). The summed E-state index contributed by atoms with van der Waals surface area (Å²) in [5.41, 5.74) is 1.62. The van der Waals surface area contributed by atoms with Crippen molar-refractivity contribution in [3.63, 3.8) is 0 Å². The van der Waals surface area contributed by atoms with Gasteiger partial charge < -0.3 is 15.0 Å². The van der Waals surface area contributed by atoms with Gasteiger partial charge in [-0.3, -0.25) is 4.79 Å². The number of nitrogens with one attached hydrogen (secondary N) is 1. The van der Waals surface area contributed by atoms with Crippen molar-refractivity contribution >= 4 is 18.5 Å². The van der Waals surface area contributed by atoms with Crippen molar-refractivity contribution in [3.8, 4) is 0 Å². The van der Waals surface area contributed by atoms with Crippen LogP contribution in [0.25, 0.3) is 0 Å². The Kier molecular flexibility index (Phi) is 2.52. The molecule has 0 saturated carbocycles. The molecule has 0 saturated heterocycles.